The molecule has 19 heavy (non-hydrogen) atoms. The topological polar surface area (TPSA) is 44.7 Å². The number of aliphatic hydroxyl groups excluding tert-OH is 1. The number of nitrogens with one attached hydrogen (secondary N) is 1. The van der Waals surface area contributed by atoms with Crippen LogP contribution in [0.3, 0.4) is 0 Å². The fourth-order valence-electron chi connectivity index (χ4n) is 2.60. The Balaban J connectivity index is 2.16. The van der Waals surface area contributed by atoms with E-state index in [1.807, 2.05) is 0 Å². The van der Waals surface area contributed by atoms with E-state index in [9.17, 15) is 5.11 Å². The van der Waals surface area contributed by atoms with Crippen LogP contribution in [0.15, 0.2) is 0 Å². The molecule has 1 heterocycles. The predicted octanol–water partition coefficient (Wildman–Crippen LogP) is 1.63. The molecular weight excluding hydrogens is 240 g/mol. The van der Waals surface area contributed by atoms with Crippen LogP contribution in [0.1, 0.15) is 46.0 Å². The molecule has 0 aliphatic carbocycles. The van der Waals surface area contributed by atoms with Crippen LogP contribution in [0.4, 0.5) is 0 Å². The van der Waals surface area contributed by atoms with E-state index in [0.29, 0.717) is 12.6 Å². The predicted molar refractivity (Wildman–Crippen MR) is 79.5 cm³/mol. The third-order valence-electron chi connectivity index (χ3n) is 3.76. The van der Waals surface area contributed by atoms with Gasteiger partial charge in [-0.05, 0) is 12.8 Å². The molecule has 0 aromatic rings. The Morgan fingerprint density at radius 1 is 1.16 bits per heavy atom. The van der Waals surface area contributed by atoms with Gasteiger partial charge in [-0.2, -0.15) is 0 Å². The van der Waals surface area contributed by atoms with Crippen molar-refractivity contribution in [3.05, 3.63) is 0 Å². The minimum atomic E-state index is -0.265. The fraction of sp³-hybridized carbons (Fsp3) is 1.00. The highest BCUT2D eigenvalue weighted by atomic mass is 16.5. The quantitative estimate of drug-likeness (QED) is 0.634. The van der Waals surface area contributed by atoms with E-state index >= 15 is 0 Å². The van der Waals surface area contributed by atoms with Crippen LogP contribution in [0.2, 0.25) is 0 Å². The van der Waals surface area contributed by atoms with Gasteiger partial charge in [0.25, 0.3) is 0 Å². The Hall–Kier alpha value is -0.160. The molecule has 2 unspecified atom stereocenters. The summed E-state index contributed by atoms with van der Waals surface area (Å²) in [7, 11) is 0. The van der Waals surface area contributed by atoms with E-state index in [4.69, 9.17) is 4.74 Å². The highest BCUT2D eigenvalue weighted by molar-refractivity contribution is 4.73. The second-order valence-corrected chi connectivity index (χ2v) is 5.60. The Kier molecular flexibility index (Phi) is 9.43. The lowest BCUT2D eigenvalue weighted by Crippen LogP contribution is -2.45. The summed E-state index contributed by atoms with van der Waals surface area (Å²) in [6.45, 7) is 9.44. The minimum Gasteiger partial charge on any atom is -0.390 e. The maximum Gasteiger partial charge on any atom is 0.0791 e. The first-order valence-electron chi connectivity index (χ1n) is 7.97. The monoisotopic (exact) mass is 272 g/mol. The maximum absolute atomic E-state index is 10.1. The van der Waals surface area contributed by atoms with E-state index in [1.54, 1.807) is 0 Å². The highest BCUT2D eigenvalue weighted by Crippen LogP contribution is 2.07. The highest BCUT2D eigenvalue weighted by Gasteiger charge is 2.16. The standard InChI is InChI=1S/C15H32N2O2/c1-3-5-7-14(6-4-2)16-12-15(18)13-17-8-10-19-11-9-17/h14-16,18H,3-13H2,1-2H3. The van der Waals surface area contributed by atoms with Crippen molar-refractivity contribution in [3.63, 3.8) is 0 Å². The summed E-state index contributed by atoms with van der Waals surface area (Å²) in [6.07, 6.45) is 5.91. The van der Waals surface area contributed by atoms with Gasteiger partial charge in [-0.3, -0.25) is 4.90 Å². The minimum absolute atomic E-state index is 0.265. The van der Waals surface area contributed by atoms with Gasteiger partial charge in [0.15, 0.2) is 0 Å². The zero-order valence-corrected chi connectivity index (χ0v) is 12.7. The Morgan fingerprint density at radius 2 is 1.89 bits per heavy atom. The first-order valence-corrected chi connectivity index (χ1v) is 7.97. The molecule has 4 nitrogen and oxygen atoms in total. The van der Waals surface area contributed by atoms with Gasteiger partial charge < -0.3 is 15.2 Å². The van der Waals surface area contributed by atoms with E-state index < -0.39 is 0 Å². The summed E-state index contributed by atoms with van der Waals surface area (Å²) in [5.74, 6) is 0. The molecule has 1 fully saturated rings. The summed E-state index contributed by atoms with van der Waals surface area (Å²) >= 11 is 0. The molecule has 1 aliphatic heterocycles. The van der Waals surface area contributed by atoms with Gasteiger partial charge in [-0.25, -0.2) is 0 Å². The van der Waals surface area contributed by atoms with Gasteiger partial charge in [0.2, 0.25) is 0 Å². The van der Waals surface area contributed by atoms with E-state index in [-0.39, 0.29) is 6.10 Å². The number of β-amino-alcohol motifs (C(OH)–C–C–N with tert-alkyl or cyclic N) is 1. The van der Waals surface area contributed by atoms with Crippen molar-refractivity contribution >= 4 is 0 Å². The number of morpholine rings is 1. The zero-order chi connectivity index (χ0) is 13.9. The molecule has 0 spiro atoms. The van der Waals surface area contributed by atoms with Gasteiger partial charge in [0, 0.05) is 32.2 Å². The molecule has 1 aliphatic rings. The van der Waals surface area contributed by atoms with Gasteiger partial charge in [0.1, 0.15) is 0 Å². The lowest BCUT2D eigenvalue weighted by Gasteiger charge is -2.29. The normalized spacial score (nSPS) is 20.4. The van der Waals surface area contributed by atoms with Crippen LogP contribution in [-0.2, 0) is 4.74 Å². The number of rotatable bonds is 10. The average Bonchev–Trinajstić information content (AvgIpc) is 2.43. The SMILES string of the molecule is CCCCC(CCC)NCC(O)CN1CCOCC1. The molecule has 114 valence electrons. The first kappa shape index (κ1) is 16.9. The van der Waals surface area contributed by atoms with Gasteiger partial charge in [-0.15, -0.1) is 0 Å². The average molecular weight is 272 g/mol. The van der Waals surface area contributed by atoms with Crippen molar-refractivity contribution in [2.75, 3.05) is 39.4 Å². The fourth-order valence-corrected chi connectivity index (χ4v) is 2.60. The Bertz CT molecular complexity index is 208. The second-order valence-electron chi connectivity index (χ2n) is 5.60. The molecular formula is C15H32N2O2. The third kappa shape index (κ3) is 7.88. The van der Waals surface area contributed by atoms with Crippen molar-refractivity contribution in [3.8, 4) is 0 Å². The summed E-state index contributed by atoms with van der Waals surface area (Å²) in [5, 5.41) is 13.6. The zero-order valence-electron chi connectivity index (χ0n) is 12.7. The molecule has 2 N–H and O–H groups in total. The van der Waals surface area contributed by atoms with Crippen molar-refractivity contribution in [2.24, 2.45) is 0 Å². The molecule has 0 amide bonds. The number of aliphatic hydroxyl groups is 1. The molecule has 2 atom stereocenters. The Morgan fingerprint density at radius 3 is 2.53 bits per heavy atom. The second kappa shape index (κ2) is 10.6. The van der Waals surface area contributed by atoms with Crippen LogP contribution < -0.4 is 5.32 Å². The molecule has 4 heteroatoms. The van der Waals surface area contributed by atoms with Crippen molar-refractivity contribution in [2.45, 2.75) is 58.1 Å². The molecule has 1 rings (SSSR count). The lowest BCUT2D eigenvalue weighted by atomic mass is 10.0. The summed E-state index contributed by atoms with van der Waals surface area (Å²) < 4.78 is 5.32. The molecule has 0 radical (unpaired) electrons. The molecule has 0 aromatic heterocycles. The summed E-state index contributed by atoms with van der Waals surface area (Å²) in [6, 6.07) is 0.573. The van der Waals surface area contributed by atoms with Crippen LogP contribution in [0, 0.1) is 0 Å². The van der Waals surface area contributed by atoms with Crippen molar-refractivity contribution < 1.29 is 9.84 Å². The summed E-state index contributed by atoms with van der Waals surface area (Å²) in [4.78, 5) is 2.29. The molecule has 1 saturated heterocycles. The maximum atomic E-state index is 10.1. The van der Waals surface area contributed by atoms with Crippen molar-refractivity contribution in [1.29, 1.82) is 0 Å². The lowest BCUT2D eigenvalue weighted by molar-refractivity contribution is 0.0143. The molecule has 0 saturated carbocycles. The Labute approximate surface area is 118 Å². The van der Waals surface area contributed by atoms with E-state index in [0.717, 1.165) is 32.8 Å². The van der Waals surface area contributed by atoms with Gasteiger partial charge in [-0.1, -0.05) is 33.1 Å². The smallest absolute Gasteiger partial charge is 0.0791 e. The van der Waals surface area contributed by atoms with Gasteiger partial charge in [0.05, 0.1) is 19.3 Å². The number of nitrogens with zero attached hydrogens (tertiary/aromatic N) is 1. The largest absolute Gasteiger partial charge is 0.390 e. The van der Waals surface area contributed by atoms with E-state index in [1.165, 1.54) is 32.1 Å². The molecule has 0 bridgehead atoms. The summed E-state index contributed by atoms with van der Waals surface area (Å²) in [5.41, 5.74) is 0. The third-order valence-corrected chi connectivity index (χ3v) is 3.76. The molecule has 0 aromatic carbocycles. The first-order chi connectivity index (χ1) is 9.26. The number of ether oxygens (including phenoxy) is 1. The number of unbranched alkanes of at least 4 members (excludes halogenated alkanes) is 1. The van der Waals surface area contributed by atoms with Crippen LogP contribution >= 0.6 is 0 Å². The van der Waals surface area contributed by atoms with Gasteiger partial charge >= 0.3 is 0 Å². The van der Waals surface area contributed by atoms with Crippen LogP contribution in [0.25, 0.3) is 0 Å². The van der Waals surface area contributed by atoms with Crippen LogP contribution in [0.5, 0.6) is 0 Å². The number of hydrogen-bond donors (Lipinski definition) is 2. The number of hydrogen-bond acceptors (Lipinski definition) is 4. The van der Waals surface area contributed by atoms with E-state index in [2.05, 4.69) is 24.1 Å². The van der Waals surface area contributed by atoms with Crippen molar-refractivity contribution in [1.82, 2.24) is 10.2 Å². The van der Waals surface area contributed by atoms with Crippen LogP contribution in [-0.4, -0.2) is 61.5 Å².